The van der Waals surface area contributed by atoms with Gasteiger partial charge in [0.15, 0.2) is 0 Å². The first-order valence-electron chi connectivity index (χ1n) is 15.8. The highest BCUT2D eigenvalue weighted by Gasteiger charge is 2.30. The van der Waals surface area contributed by atoms with Crippen LogP contribution < -0.4 is 0 Å². The second-order valence-electron chi connectivity index (χ2n) is 12.1. The first-order chi connectivity index (χ1) is 15.8. The molecule has 0 unspecified atom stereocenters. The molecular formula is C32H62. The molecule has 2 saturated carbocycles. The van der Waals surface area contributed by atoms with Gasteiger partial charge in [-0.1, -0.05) is 155 Å². The number of rotatable bonds is 19. The van der Waals surface area contributed by atoms with Crippen molar-refractivity contribution >= 4 is 0 Å². The van der Waals surface area contributed by atoms with Crippen molar-refractivity contribution in [3.8, 4) is 0 Å². The topological polar surface area (TPSA) is 0 Å². The van der Waals surface area contributed by atoms with Crippen molar-refractivity contribution in [2.45, 2.75) is 181 Å². The average molecular weight is 447 g/mol. The Morgan fingerprint density at radius 2 is 0.625 bits per heavy atom. The molecule has 2 aliphatic carbocycles. The standard InChI is InChI=1S/C32H62/c1-3-5-7-9-11-13-15-17-19-29-21-25-31(26-22-29)32-27-23-30(24-28-32)20-18-16-14-12-10-8-6-4-2/h29-32H,3-28H2,1-2H3/t29-,30?,31-,32?. The normalized spacial score (nSPS) is 26.4. The molecule has 0 aromatic rings. The molecule has 0 spiro atoms. The lowest BCUT2D eigenvalue weighted by molar-refractivity contribution is 0.139. The van der Waals surface area contributed by atoms with Gasteiger partial charge in [0.2, 0.25) is 0 Å². The van der Waals surface area contributed by atoms with Crippen molar-refractivity contribution in [3.63, 3.8) is 0 Å². The highest BCUT2D eigenvalue weighted by molar-refractivity contribution is 4.82. The second kappa shape index (κ2) is 19.3. The van der Waals surface area contributed by atoms with Crippen molar-refractivity contribution in [1.29, 1.82) is 0 Å². The van der Waals surface area contributed by atoms with E-state index in [1.807, 2.05) is 0 Å². The van der Waals surface area contributed by atoms with Gasteiger partial charge < -0.3 is 0 Å². The van der Waals surface area contributed by atoms with E-state index in [2.05, 4.69) is 13.8 Å². The fourth-order valence-corrected chi connectivity index (χ4v) is 7.03. The highest BCUT2D eigenvalue weighted by atomic mass is 14.4. The van der Waals surface area contributed by atoms with Crippen molar-refractivity contribution in [2.24, 2.45) is 23.7 Å². The van der Waals surface area contributed by atoms with Crippen LogP contribution >= 0.6 is 0 Å². The zero-order valence-electron chi connectivity index (χ0n) is 22.7. The lowest BCUT2D eigenvalue weighted by Gasteiger charge is -2.38. The molecular weight excluding hydrogens is 384 g/mol. The summed E-state index contributed by atoms with van der Waals surface area (Å²) in [6.07, 6.45) is 39.3. The predicted octanol–water partition coefficient (Wildman–Crippen LogP) is 11.7. The Morgan fingerprint density at radius 3 is 0.938 bits per heavy atom. The molecule has 0 aliphatic heterocycles. The molecule has 2 aliphatic rings. The number of hydrogen-bond donors (Lipinski definition) is 0. The summed E-state index contributed by atoms with van der Waals surface area (Å²) >= 11 is 0. The van der Waals surface area contributed by atoms with E-state index in [4.69, 9.17) is 0 Å². The molecule has 0 nitrogen and oxygen atoms in total. The van der Waals surface area contributed by atoms with Crippen molar-refractivity contribution in [3.05, 3.63) is 0 Å². The molecule has 32 heavy (non-hydrogen) atoms. The minimum atomic E-state index is 1.09. The third kappa shape index (κ3) is 13.0. The third-order valence-electron chi connectivity index (χ3n) is 9.38. The van der Waals surface area contributed by atoms with Gasteiger partial charge in [-0.25, -0.2) is 0 Å². The Morgan fingerprint density at radius 1 is 0.344 bits per heavy atom. The zero-order chi connectivity index (χ0) is 22.7. The van der Waals surface area contributed by atoms with Gasteiger partial charge in [0.25, 0.3) is 0 Å². The lowest BCUT2D eigenvalue weighted by Crippen LogP contribution is -2.25. The summed E-state index contributed by atoms with van der Waals surface area (Å²) in [5, 5.41) is 0. The largest absolute Gasteiger partial charge is 0.0654 e. The zero-order valence-corrected chi connectivity index (χ0v) is 22.7. The SMILES string of the molecule is CCCCCCCCCCC1CCC([C@H]2CC[C@H](CCCCCCCCCC)CC2)CC1. The maximum Gasteiger partial charge on any atom is -0.0386 e. The van der Waals surface area contributed by atoms with Crippen LogP contribution in [0.4, 0.5) is 0 Å². The minimum absolute atomic E-state index is 1.09. The molecule has 0 heteroatoms. The fourth-order valence-electron chi connectivity index (χ4n) is 7.03. The monoisotopic (exact) mass is 446 g/mol. The van der Waals surface area contributed by atoms with Gasteiger partial charge in [-0.15, -0.1) is 0 Å². The van der Waals surface area contributed by atoms with Crippen LogP contribution in [0.5, 0.6) is 0 Å². The van der Waals surface area contributed by atoms with E-state index in [0.717, 1.165) is 23.7 Å². The Hall–Kier alpha value is 0. The van der Waals surface area contributed by atoms with Gasteiger partial charge in [-0.3, -0.25) is 0 Å². The summed E-state index contributed by atoms with van der Waals surface area (Å²) in [4.78, 5) is 0. The third-order valence-corrected chi connectivity index (χ3v) is 9.38. The van der Waals surface area contributed by atoms with E-state index >= 15 is 0 Å². The van der Waals surface area contributed by atoms with Crippen LogP contribution in [-0.4, -0.2) is 0 Å². The Bertz CT molecular complexity index is 345. The average Bonchev–Trinajstić information content (AvgIpc) is 2.83. The predicted molar refractivity (Wildman–Crippen MR) is 145 cm³/mol. The Labute approximate surface area is 204 Å². The quantitative estimate of drug-likeness (QED) is 0.173. The molecule has 0 aromatic heterocycles. The van der Waals surface area contributed by atoms with Crippen molar-refractivity contribution in [2.75, 3.05) is 0 Å². The molecule has 0 saturated heterocycles. The van der Waals surface area contributed by atoms with E-state index in [0.29, 0.717) is 0 Å². The fraction of sp³-hybridized carbons (Fsp3) is 1.00. The van der Waals surface area contributed by atoms with E-state index in [1.54, 1.807) is 64.2 Å². The lowest BCUT2D eigenvalue weighted by atomic mass is 9.68. The summed E-state index contributed by atoms with van der Waals surface area (Å²) in [6.45, 7) is 4.64. The Kier molecular flexibility index (Phi) is 17.1. The van der Waals surface area contributed by atoms with Crippen LogP contribution in [0.1, 0.15) is 181 Å². The molecule has 2 fully saturated rings. The first kappa shape index (κ1) is 28.2. The maximum absolute atomic E-state index is 2.32. The summed E-state index contributed by atoms with van der Waals surface area (Å²) < 4.78 is 0. The Balaban J connectivity index is 1.41. The molecule has 0 N–H and O–H groups in total. The van der Waals surface area contributed by atoms with E-state index in [-0.39, 0.29) is 0 Å². The summed E-state index contributed by atoms with van der Waals surface area (Å²) in [5.41, 5.74) is 0. The van der Waals surface area contributed by atoms with Crippen LogP contribution in [0.3, 0.4) is 0 Å². The number of hydrogen-bond acceptors (Lipinski definition) is 0. The van der Waals surface area contributed by atoms with Gasteiger partial charge >= 0.3 is 0 Å². The number of unbranched alkanes of at least 4 members (excludes halogenated alkanes) is 14. The highest BCUT2D eigenvalue weighted by Crippen LogP contribution is 2.43. The van der Waals surface area contributed by atoms with Gasteiger partial charge in [-0.05, 0) is 49.4 Å². The molecule has 0 amide bonds. The van der Waals surface area contributed by atoms with Crippen molar-refractivity contribution < 1.29 is 0 Å². The summed E-state index contributed by atoms with van der Waals surface area (Å²) in [5.74, 6) is 4.39. The van der Waals surface area contributed by atoms with Crippen molar-refractivity contribution in [1.82, 2.24) is 0 Å². The van der Waals surface area contributed by atoms with Crippen LogP contribution in [0.15, 0.2) is 0 Å². The van der Waals surface area contributed by atoms with E-state index < -0.39 is 0 Å². The minimum Gasteiger partial charge on any atom is -0.0654 e. The van der Waals surface area contributed by atoms with Crippen LogP contribution in [-0.2, 0) is 0 Å². The van der Waals surface area contributed by atoms with Crippen LogP contribution in [0.2, 0.25) is 0 Å². The molecule has 0 heterocycles. The maximum atomic E-state index is 2.32. The molecule has 0 radical (unpaired) electrons. The van der Waals surface area contributed by atoms with E-state index in [9.17, 15) is 0 Å². The molecule has 0 aromatic carbocycles. The summed E-state index contributed by atoms with van der Waals surface area (Å²) in [7, 11) is 0. The first-order valence-corrected chi connectivity index (χ1v) is 15.8. The smallest absolute Gasteiger partial charge is 0.0386 e. The van der Waals surface area contributed by atoms with Gasteiger partial charge in [-0.2, -0.15) is 0 Å². The van der Waals surface area contributed by atoms with Crippen LogP contribution in [0, 0.1) is 23.7 Å². The second-order valence-corrected chi connectivity index (χ2v) is 12.1. The van der Waals surface area contributed by atoms with Crippen LogP contribution in [0.25, 0.3) is 0 Å². The van der Waals surface area contributed by atoms with E-state index in [1.165, 1.54) is 103 Å². The van der Waals surface area contributed by atoms with Gasteiger partial charge in [0.05, 0.1) is 0 Å². The molecule has 0 bridgehead atoms. The van der Waals surface area contributed by atoms with Gasteiger partial charge in [0, 0.05) is 0 Å². The molecule has 0 atom stereocenters. The van der Waals surface area contributed by atoms with Gasteiger partial charge in [0.1, 0.15) is 0 Å². The molecule has 190 valence electrons. The molecule has 2 rings (SSSR count). The summed E-state index contributed by atoms with van der Waals surface area (Å²) in [6, 6.07) is 0.